The molecule has 256 valence electrons. The zero-order valence-corrected chi connectivity index (χ0v) is 30.0. The maximum absolute atomic E-state index is 6.49. The minimum Gasteiger partial charge on any atom is -0.486 e. The molecule has 0 bridgehead atoms. The summed E-state index contributed by atoms with van der Waals surface area (Å²) in [6.45, 7) is 5.13. The number of anilines is 4. The van der Waals surface area contributed by atoms with Crippen molar-refractivity contribution in [1.82, 2.24) is 0 Å². The first-order chi connectivity index (χ1) is 25.9. The highest BCUT2D eigenvalue weighted by atomic mass is 16.5. The third kappa shape index (κ3) is 5.91. The Labute approximate surface area is 311 Å². The van der Waals surface area contributed by atoms with Crippen molar-refractivity contribution >= 4 is 33.5 Å². The highest BCUT2D eigenvalue weighted by molar-refractivity contribution is 5.96. The van der Waals surface area contributed by atoms with Gasteiger partial charge >= 0.3 is 0 Å². The van der Waals surface area contributed by atoms with Gasteiger partial charge in [0.15, 0.2) is 5.75 Å². The molecule has 0 aromatic heterocycles. The van der Waals surface area contributed by atoms with E-state index in [1.165, 1.54) is 33.4 Å². The molecule has 0 atom stereocenters. The predicted molar refractivity (Wildman–Crippen MR) is 222 cm³/mol. The molecule has 1 aliphatic carbocycles. The Morgan fingerprint density at radius 1 is 0.491 bits per heavy atom. The van der Waals surface area contributed by atoms with Crippen LogP contribution >= 0.6 is 0 Å². The Bertz CT molecular complexity index is 2570. The summed E-state index contributed by atoms with van der Waals surface area (Å²) in [6, 6.07) is 64.8. The summed E-state index contributed by atoms with van der Waals surface area (Å²) >= 11 is 0. The molecule has 3 nitrogen and oxygen atoms in total. The molecule has 53 heavy (non-hydrogen) atoms. The van der Waals surface area contributed by atoms with Crippen molar-refractivity contribution in [3.05, 3.63) is 199 Å². The number of benzene rings is 8. The van der Waals surface area contributed by atoms with E-state index in [9.17, 15) is 0 Å². The van der Waals surface area contributed by atoms with E-state index >= 15 is 0 Å². The molecule has 3 heteroatoms. The number of fused-ring (bicyclic) bond motifs is 4. The van der Waals surface area contributed by atoms with Gasteiger partial charge in [-0.05, 0) is 104 Å². The zero-order valence-electron chi connectivity index (χ0n) is 30.0. The molecule has 0 saturated heterocycles. The molecule has 0 saturated carbocycles. The summed E-state index contributed by atoms with van der Waals surface area (Å²) in [6.07, 6.45) is 0. The lowest BCUT2D eigenvalue weighted by molar-refractivity contribution is 0.312. The smallest absolute Gasteiger partial charge is 0.150 e. The van der Waals surface area contributed by atoms with E-state index < -0.39 is 0 Å². The summed E-state index contributed by atoms with van der Waals surface area (Å²) < 4.78 is 6.35. The van der Waals surface area contributed by atoms with Crippen molar-refractivity contribution in [2.24, 2.45) is 0 Å². The Morgan fingerprint density at radius 3 is 1.75 bits per heavy atom. The number of rotatable bonds is 8. The van der Waals surface area contributed by atoms with Crippen LogP contribution in [0, 0.1) is 0 Å². The molecule has 2 N–H and O–H groups in total. The van der Waals surface area contributed by atoms with Gasteiger partial charge in [-0.1, -0.05) is 147 Å². The van der Waals surface area contributed by atoms with Gasteiger partial charge in [0.2, 0.25) is 0 Å². The minimum absolute atomic E-state index is 0.0994. The third-order valence-electron chi connectivity index (χ3n) is 10.7. The highest BCUT2D eigenvalue weighted by Gasteiger charge is 2.35. The van der Waals surface area contributed by atoms with E-state index in [1.807, 2.05) is 24.3 Å². The fraction of sp³-hybridized carbons (Fsp3) is 0.0800. The van der Waals surface area contributed by atoms with Crippen LogP contribution < -0.4 is 15.4 Å². The quantitative estimate of drug-likeness (QED) is 0.162. The second kappa shape index (κ2) is 13.2. The van der Waals surface area contributed by atoms with E-state index in [0.717, 1.165) is 50.3 Å². The van der Waals surface area contributed by atoms with Crippen LogP contribution in [0.25, 0.3) is 44.2 Å². The van der Waals surface area contributed by atoms with Gasteiger partial charge in [-0.2, -0.15) is 0 Å². The number of hydrogen-bond acceptors (Lipinski definition) is 3. The van der Waals surface area contributed by atoms with E-state index in [0.29, 0.717) is 12.3 Å². The molecule has 8 aromatic rings. The van der Waals surface area contributed by atoms with E-state index in [4.69, 9.17) is 10.5 Å². The SMILES string of the molecule is CC1(C)c2ccccc2-c2ccc(N(c3ccc(-c4ccccc4)cc3)c3ccc(-c4ccc5ccc(N)c(OCc6ccccc6)c5c4)cc3)cc21. The molecule has 0 heterocycles. The molecule has 0 unspecified atom stereocenters. The molecule has 0 aliphatic heterocycles. The molecular weight excluding hydrogens is 645 g/mol. The largest absolute Gasteiger partial charge is 0.486 e. The molecule has 0 amide bonds. The predicted octanol–water partition coefficient (Wildman–Crippen LogP) is 13.1. The number of nitrogens with zero attached hydrogens (tertiary/aromatic N) is 1. The fourth-order valence-corrected chi connectivity index (χ4v) is 7.89. The highest BCUT2D eigenvalue weighted by Crippen LogP contribution is 2.50. The van der Waals surface area contributed by atoms with Crippen molar-refractivity contribution in [2.75, 3.05) is 10.6 Å². The van der Waals surface area contributed by atoms with Crippen LogP contribution in [-0.4, -0.2) is 0 Å². The summed E-state index contributed by atoms with van der Waals surface area (Å²) in [5.41, 5.74) is 21.4. The van der Waals surface area contributed by atoms with Crippen molar-refractivity contribution in [2.45, 2.75) is 25.9 Å². The number of nitrogens with two attached hydrogens (primary N) is 1. The summed E-state index contributed by atoms with van der Waals surface area (Å²) in [5.74, 6) is 0.719. The first kappa shape index (κ1) is 32.3. The Balaban J connectivity index is 1.10. The van der Waals surface area contributed by atoms with E-state index in [2.05, 4.69) is 176 Å². The summed E-state index contributed by atoms with van der Waals surface area (Å²) in [7, 11) is 0. The molecular formula is C50H40N2O. The average molecular weight is 685 g/mol. The Morgan fingerprint density at radius 2 is 1.04 bits per heavy atom. The van der Waals surface area contributed by atoms with Crippen LogP contribution in [0.3, 0.4) is 0 Å². The molecule has 8 aromatic carbocycles. The van der Waals surface area contributed by atoms with Crippen molar-refractivity contribution in [3.8, 4) is 39.1 Å². The third-order valence-corrected chi connectivity index (χ3v) is 10.7. The van der Waals surface area contributed by atoms with Crippen molar-refractivity contribution < 1.29 is 4.74 Å². The number of nitrogen functional groups attached to an aromatic ring is 1. The Kier molecular flexibility index (Phi) is 8.05. The van der Waals surface area contributed by atoms with Crippen LogP contribution in [0.5, 0.6) is 5.75 Å². The first-order valence-corrected chi connectivity index (χ1v) is 18.2. The lowest BCUT2D eigenvalue weighted by Gasteiger charge is -2.28. The lowest BCUT2D eigenvalue weighted by Crippen LogP contribution is -2.16. The standard InChI is InChI=1S/C50H40N2O/c1-50(2)46-16-10-9-15-43(46)44-29-28-42(32-47(44)50)52(40-24-19-36(20-25-40)35-13-7-4-8-14-35)41-26-21-37(22-27-41)39-18-17-38-23-30-48(51)49(45(38)31-39)53-33-34-11-5-3-6-12-34/h3-32H,33,51H2,1-2H3. The average Bonchev–Trinajstić information content (AvgIpc) is 3.44. The maximum atomic E-state index is 6.49. The Hall–Kier alpha value is -6.58. The van der Waals surface area contributed by atoms with Gasteiger partial charge in [0, 0.05) is 27.9 Å². The summed E-state index contributed by atoms with van der Waals surface area (Å²) in [4.78, 5) is 2.37. The van der Waals surface area contributed by atoms with E-state index in [1.54, 1.807) is 0 Å². The van der Waals surface area contributed by atoms with Crippen molar-refractivity contribution in [3.63, 3.8) is 0 Å². The van der Waals surface area contributed by atoms with Crippen LogP contribution in [-0.2, 0) is 12.0 Å². The topological polar surface area (TPSA) is 38.5 Å². The van der Waals surface area contributed by atoms with Gasteiger partial charge < -0.3 is 15.4 Å². The number of ether oxygens (including phenoxy) is 1. The molecule has 0 radical (unpaired) electrons. The number of hydrogen-bond donors (Lipinski definition) is 1. The van der Waals surface area contributed by atoms with Crippen LogP contribution in [0.2, 0.25) is 0 Å². The van der Waals surface area contributed by atoms with Gasteiger partial charge in [0.1, 0.15) is 6.61 Å². The van der Waals surface area contributed by atoms with Crippen LogP contribution in [0.15, 0.2) is 182 Å². The van der Waals surface area contributed by atoms with Gasteiger partial charge in [0.05, 0.1) is 5.69 Å². The van der Waals surface area contributed by atoms with Gasteiger partial charge in [-0.15, -0.1) is 0 Å². The molecule has 9 rings (SSSR count). The molecule has 0 fully saturated rings. The van der Waals surface area contributed by atoms with Gasteiger partial charge in [0.25, 0.3) is 0 Å². The van der Waals surface area contributed by atoms with Crippen LogP contribution in [0.1, 0.15) is 30.5 Å². The maximum Gasteiger partial charge on any atom is 0.150 e. The van der Waals surface area contributed by atoms with Gasteiger partial charge in [-0.25, -0.2) is 0 Å². The van der Waals surface area contributed by atoms with Crippen molar-refractivity contribution in [1.29, 1.82) is 0 Å². The normalized spacial score (nSPS) is 12.6. The molecule has 1 aliphatic rings. The van der Waals surface area contributed by atoms with Gasteiger partial charge in [-0.3, -0.25) is 0 Å². The second-order valence-electron chi connectivity index (χ2n) is 14.4. The lowest BCUT2D eigenvalue weighted by atomic mass is 9.82. The second-order valence-corrected chi connectivity index (χ2v) is 14.4. The first-order valence-electron chi connectivity index (χ1n) is 18.2. The molecule has 0 spiro atoms. The summed E-state index contributed by atoms with van der Waals surface area (Å²) in [5, 5.41) is 2.10. The minimum atomic E-state index is -0.0994. The fourth-order valence-electron chi connectivity index (χ4n) is 7.89. The zero-order chi connectivity index (χ0) is 35.9. The van der Waals surface area contributed by atoms with E-state index in [-0.39, 0.29) is 5.41 Å². The monoisotopic (exact) mass is 684 g/mol. The van der Waals surface area contributed by atoms with Crippen LogP contribution in [0.4, 0.5) is 22.7 Å².